The van der Waals surface area contributed by atoms with Crippen LogP contribution in [0.25, 0.3) is 0 Å². The Labute approximate surface area is 91.5 Å². The maximum atomic E-state index is 5.06. The van der Waals surface area contributed by atoms with Gasteiger partial charge in [-0.15, -0.1) is 0 Å². The van der Waals surface area contributed by atoms with Crippen molar-refractivity contribution in [1.82, 2.24) is 9.80 Å². The number of hydrogen-bond donors (Lipinski definition) is 0. The van der Waals surface area contributed by atoms with Crippen molar-refractivity contribution in [1.29, 1.82) is 0 Å². The minimum absolute atomic E-state index is 0.587. The topological polar surface area (TPSA) is 28.1 Å². The van der Waals surface area contributed by atoms with E-state index in [1.807, 2.05) is 12.3 Å². The normalized spacial score (nSPS) is 19.6. The minimum atomic E-state index is 0.587. The highest BCUT2D eigenvalue weighted by molar-refractivity contribution is 5.87. The zero-order chi connectivity index (χ0) is 11.1. The largest absolute Gasteiger partial charge is 0.481 e. The fourth-order valence-electron chi connectivity index (χ4n) is 1.39. The van der Waals surface area contributed by atoms with Gasteiger partial charge in [0.2, 0.25) is 5.90 Å². The molecule has 1 saturated heterocycles. The molecule has 4 nitrogen and oxygen atoms in total. The zero-order valence-corrected chi connectivity index (χ0v) is 9.52. The number of aliphatic imine (C=N–C) groups is 1. The first-order valence-corrected chi connectivity index (χ1v) is 5.09. The third-order valence-corrected chi connectivity index (χ3v) is 2.39. The van der Waals surface area contributed by atoms with Gasteiger partial charge >= 0.3 is 0 Å². The summed E-state index contributed by atoms with van der Waals surface area (Å²) in [4.78, 5) is 8.56. The van der Waals surface area contributed by atoms with E-state index in [-0.39, 0.29) is 0 Å². The molecular formula is C11H19N3O. The number of likely N-dealkylation sites (N-methyl/N-ethyl adjacent to an activating group) is 1. The zero-order valence-electron chi connectivity index (χ0n) is 9.52. The average Bonchev–Trinajstić information content (AvgIpc) is 2.26. The molecule has 0 spiro atoms. The monoisotopic (exact) mass is 209 g/mol. The number of methoxy groups -OCH3 is 1. The van der Waals surface area contributed by atoms with Gasteiger partial charge < -0.3 is 14.5 Å². The third-order valence-electron chi connectivity index (χ3n) is 2.39. The van der Waals surface area contributed by atoms with E-state index in [9.17, 15) is 0 Å². The van der Waals surface area contributed by atoms with Gasteiger partial charge in [-0.3, -0.25) is 0 Å². The van der Waals surface area contributed by atoms with E-state index < -0.39 is 0 Å². The van der Waals surface area contributed by atoms with Crippen LogP contribution in [0.4, 0.5) is 0 Å². The van der Waals surface area contributed by atoms with Crippen molar-refractivity contribution >= 4 is 5.90 Å². The van der Waals surface area contributed by atoms with Gasteiger partial charge in [-0.1, -0.05) is 6.58 Å². The Morgan fingerprint density at radius 1 is 1.33 bits per heavy atom. The van der Waals surface area contributed by atoms with Crippen LogP contribution in [0.1, 0.15) is 0 Å². The molecule has 1 aliphatic rings. The lowest BCUT2D eigenvalue weighted by Gasteiger charge is -2.31. The van der Waals surface area contributed by atoms with E-state index >= 15 is 0 Å². The second kappa shape index (κ2) is 6.24. The van der Waals surface area contributed by atoms with Gasteiger partial charge in [0.1, 0.15) is 0 Å². The maximum Gasteiger partial charge on any atom is 0.214 e. The van der Waals surface area contributed by atoms with Crippen LogP contribution in [0.2, 0.25) is 0 Å². The molecule has 0 aromatic heterocycles. The summed E-state index contributed by atoms with van der Waals surface area (Å²) in [5.74, 6) is 0.587. The van der Waals surface area contributed by atoms with Gasteiger partial charge in [0.25, 0.3) is 0 Å². The molecular weight excluding hydrogens is 190 g/mol. The van der Waals surface area contributed by atoms with Crippen molar-refractivity contribution in [2.24, 2.45) is 4.99 Å². The van der Waals surface area contributed by atoms with Crippen LogP contribution in [-0.2, 0) is 4.74 Å². The van der Waals surface area contributed by atoms with Gasteiger partial charge in [0.15, 0.2) is 0 Å². The van der Waals surface area contributed by atoms with Crippen molar-refractivity contribution < 1.29 is 4.74 Å². The Hall–Kier alpha value is -1.29. The Morgan fingerprint density at radius 3 is 2.53 bits per heavy atom. The number of nitrogens with zero attached hydrogens (tertiary/aromatic N) is 3. The summed E-state index contributed by atoms with van der Waals surface area (Å²) in [6.45, 7) is 7.84. The molecule has 0 aromatic rings. The molecule has 0 unspecified atom stereocenters. The van der Waals surface area contributed by atoms with E-state index in [0.29, 0.717) is 5.90 Å². The highest BCUT2D eigenvalue weighted by Crippen LogP contribution is 1.99. The predicted molar refractivity (Wildman–Crippen MR) is 62.9 cm³/mol. The van der Waals surface area contributed by atoms with Gasteiger partial charge in [-0.05, 0) is 7.05 Å². The van der Waals surface area contributed by atoms with Crippen molar-refractivity contribution in [2.45, 2.75) is 0 Å². The molecule has 0 bridgehead atoms. The third kappa shape index (κ3) is 4.16. The van der Waals surface area contributed by atoms with Crippen LogP contribution in [-0.4, -0.2) is 56.0 Å². The van der Waals surface area contributed by atoms with Crippen LogP contribution in [0, 0.1) is 0 Å². The summed E-state index contributed by atoms with van der Waals surface area (Å²) in [6.07, 6.45) is 5.37. The summed E-state index contributed by atoms with van der Waals surface area (Å²) in [6, 6.07) is 0. The fourth-order valence-corrected chi connectivity index (χ4v) is 1.39. The van der Waals surface area contributed by atoms with Crippen LogP contribution in [0.5, 0.6) is 0 Å². The van der Waals surface area contributed by atoms with Crippen molar-refractivity contribution in [3.05, 3.63) is 25.1 Å². The Bertz CT molecular complexity index is 253. The molecule has 0 saturated carbocycles. The molecule has 1 heterocycles. The average molecular weight is 209 g/mol. The molecule has 0 aliphatic carbocycles. The van der Waals surface area contributed by atoms with E-state index in [1.165, 1.54) is 6.20 Å². The van der Waals surface area contributed by atoms with Gasteiger partial charge in [0.05, 0.1) is 7.11 Å². The van der Waals surface area contributed by atoms with E-state index in [1.54, 1.807) is 7.11 Å². The van der Waals surface area contributed by atoms with Crippen molar-refractivity contribution in [3.63, 3.8) is 0 Å². The quantitative estimate of drug-likeness (QED) is 0.511. The van der Waals surface area contributed by atoms with Crippen molar-refractivity contribution in [3.8, 4) is 0 Å². The van der Waals surface area contributed by atoms with Gasteiger partial charge in [-0.2, -0.15) is 0 Å². The molecule has 0 radical (unpaired) electrons. The lowest BCUT2D eigenvalue weighted by Crippen LogP contribution is -2.41. The molecule has 1 rings (SSSR count). The smallest absolute Gasteiger partial charge is 0.214 e. The lowest BCUT2D eigenvalue weighted by atomic mass is 10.3. The van der Waals surface area contributed by atoms with Crippen LogP contribution in [0.3, 0.4) is 0 Å². The summed E-state index contributed by atoms with van der Waals surface area (Å²) in [5.41, 5.74) is 0. The van der Waals surface area contributed by atoms with E-state index in [0.717, 1.165) is 26.2 Å². The number of piperazine rings is 1. The molecule has 0 N–H and O–H groups in total. The summed E-state index contributed by atoms with van der Waals surface area (Å²) < 4.78 is 5.06. The summed E-state index contributed by atoms with van der Waals surface area (Å²) >= 11 is 0. The van der Waals surface area contributed by atoms with Crippen LogP contribution >= 0.6 is 0 Å². The van der Waals surface area contributed by atoms with Crippen molar-refractivity contribution in [2.75, 3.05) is 40.3 Å². The predicted octanol–water partition coefficient (Wildman–Crippen LogP) is 0.936. The fraction of sp³-hybridized carbons (Fsp3) is 0.545. The Balaban J connectivity index is 2.43. The molecule has 15 heavy (non-hydrogen) atoms. The van der Waals surface area contributed by atoms with Crippen LogP contribution in [0.15, 0.2) is 30.0 Å². The van der Waals surface area contributed by atoms with E-state index in [2.05, 4.69) is 28.4 Å². The molecule has 0 aromatic carbocycles. The highest BCUT2D eigenvalue weighted by atomic mass is 16.5. The Morgan fingerprint density at radius 2 is 2.00 bits per heavy atom. The summed E-state index contributed by atoms with van der Waals surface area (Å²) in [7, 11) is 3.75. The molecule has 0 atom stereocenters. The molecule has 0 amide bonds. The van der Waals surface area contributed by atoms with Crippen LogP contribution < -0.4 is 0 Å². The number of rotatable bonds is 3. The second-order valence-corrected chi connectivity index (χ2v) is 3.51. The Kier molecular flexibility index (Phi) is 4.90. The number of hydrogen-bond acceptors (Lipinski definition) is 4. The van der Waals surface area contributed by atoms with E-state index in [4.69, 9.17) is 4.74 Å². The first-order valence-electron chi connectivity index (χ1n) is 5.09. The van der Waals surface area contributed by atoms with Gasteiger partial charge in [0, 0.05) is 44.7 Å². The molecule has 1 aliphatic heterocycles. The highest BCUT2D eigenvalue weighted by Gasteiger charge is 2.09. The number of ether oxygens (including phenoxy) is 1. The lowest BCUT2D eigenvalue weighted by molar-refractivity contribution is 0.198. The second-order valence-electron chi connectivity index (χ2n) is 3.51. The standard InChI is InChI=1S/C11H19N3O/c1-4-12-11(15-3)5-6-14-9-7-13(2)8-10-14/h4-6H,1,7-10H2,2-3H3. The molecule has 84 valence electrons. The summed E-state index contributed by atoms with van der Waals surface area (Å²) in [5, 5.41) is 0. The molecule has 4 heteroatoms. The minimum Gasteiger partial charge on any atom is -0.481 e. The first-order chi connectivity index (χ1) is 7.26. The molecule has 1 fully saturated rings. The SMILES string of the molecule is C=CN=C(C=CN1CCN(C)CC1)OC. The van der Waals surface area contributed by atoms with Gasteiger partial charge in [-0.25, -0.2) is 4.99 Å². The first kappa shape index (κ1) is 11.8. The maximum absolute atomic E-state index is 5.06.